The zero-order valence-corrected chi connectivity index (χ0v) is 7.08. The minimum atomic E-state index is 0.460. The van der Waals surface area contributed by atoms with Gasteiger partial charge >= 0.3 is 0 Å². The van der Waals surface area contributed by atoms with Crippen LogP contribution in [-0.4, -0.2) is 6.54 Å². The van der Waals surface area contributed by atoms with Crippen LogP contribution in [0.4, 0.5) is 0 Å². The van der Waals surface area contributed by atoms with Crippen LogP contribution in [0.3, 0.4) is 0 Å². The molecule has 0 fully saturated rings. The van der Waals surface area contributed by atoms with E-state index in [0.29, 0.717) is 11.4 Å². The second kappa shape index (κ2) is 4.39. The second-order valence-corrected chi connectivity index (χ2v) is 3.25. The van der Waals surface area contributed by atoms with Crippen LogP contribution in [0.15, 0.2) is 17.2 Å². The summed E-state index contributed by atoms with van der Waals surface area (Å²) in [5, 5.41) is 11.9. The van der Waals surface area contributed by atoms with Crippen molar-refractivity contribution in [2.24, 2.45) is 5.11 Å². The van der Waals surface area contributed by atoms with Crippen molar-refractivity contribution in [3.05, 3.63) is 32.3 Å². The first-order valence-electron chi connectivity index (χ1n) is 3.36. The van der Waals surface area contributed by atoms with Gasteiger partial charge in [0, 0.05) is 16.3 Å². The number of azide groups is 1. The van der Waals surface area contributed by atoms with E-state index in [-0.39, 0.29) is 0 Å². The van der Waals surface area contributed by atoms with Gasteiger partial charge in [-0.1, -0.05) is 5.11 Å². The van der Waals surface area contributed by atoms with E-state index in [9.17, 15) is 0 Å². The molecule has 1 rings (SSSR count). The average Bonchev–Trinajstić information content (AvgIpc) is 2.53. The van der Waals surface area contributed by atoms with Gasteiger partial charge in [-0.3, -0.25) is 0 Å². The van der Waals surface area contributed by atoms with Gasteiger partial charge in [-0.15, -0.1) is 11.3 Å². The van der Waals surface area contributed by atoms with E-state index in [2.05, 4.69) is 16.1 Å². The molecule has 12 heavy (non-hydrogen) atoms. The van der Waals surface area contributed by atoms with Gasteiger partial charge in [0.15, 0.2) is 0 Å². The standard InChI is InChI=1S/C7H6N4S/c8-5-7-2-1-6(12-7)3-4-10-11-9/h1-2H,3-4H2. The lowest BCUT2D eigenvalue weighted by Crippen LogP contribution is -1.81. The topological polar surface area (TPSA) is 72.5 Å². The maximum atomic E-state index is 8.50. The SMILES string of the molecule is N#Cc1ccc(CCN=[N+]=[N-])s1. The first kappa shape index (κ1) is 8.60. The van der Waals surface area contributed by atoms with Gasteiger partial charge in [-0.05, 0) is 24.1 Å². The van der Waals surface area contributed by atoms with Crippen molar-refractivity contribution in [2.75, 3.05) is 6.54 Å². The molecular weight excluding hydrogens is 172 g/mol. The number of rotatable bonds is 3. The molecule has 0 saturated carbocycles. The predicted octanol–water partition coefficient (Wildman–Crippen LogP) is 2.47. The Morgan fingerprint density at radius 3 is 3.08 bits per heavy atom. The second-order valence-electron chi connectivity index (χ2n) is 2.08. The molecule has 0 spiro atoms. The van der Waals surface area contributed by atoms with Gasteiger partial charge in [0.25, 0.3) is 0 Å². The Balaban J connectivity index is 2.53. The molecule has 5 heteroatoms. The van der Waals surface area contributed by atoms with Gasteiger partial charge < -0.3 is 0 Å². The minimum absolute atomic E-state index is 0.460. The summed E-state index contributed by atoms with van der Waals surface area (Å²) in [4.78, 5) is 4.42. The van der Waals surface area contributed by atoms with Gasteiger partial charge in [-0.2, -0.15) is 5.26 Å². The van der Waals surface area contributed by atoms with Crippen molar-refractivity contribution in [2.45, 2.75) is 6.42 Å². The summed E-state index contributed by atoms with van der Waals surface area (Å²) in [5.74, 6) is 0. The lowest BCUT2D eigenvalue weighted by atomic mass is 10.3. The number of hydrogen-bond acceptors (Lipinski definition) is 3. The zero-order chi connectivity index (χ0) is 8.81. The Bertz CT molecular complexity index is 343. The minimum Gasteiger partial charge on any atom is -0.192 e. The molecule has 0 bridgehead atoms. The molecule has 0 aliphatic carbocycles. The molecule has 1 aromatic heterocycles. The van der Waals surface area contributed by atoms with Crippen LogP contribution in [0, 0.1) is 11.3 Å². The van der Waals surface area contributed by atoms with Crippen LogP contribution >= 0.6 is 11.3 Å². The fourth-order valence-electron chi connectivity index (χ4n) is 0.777. The molecule has 0 radical (unpaired) electrons. The van der Waals surface area contributed by atoms with Crippen molar-refractivity contribution in [3.63, 3.8) is 0 Å². The molecule has 0 aromatic carbocycles. The van der Waals surface area contributed by atoms with Crippen molar-refractivity contribution in [3.8, 4) is 6.07 Å². The molecule has 0 atom stereocenters. The first-order valence-corrected chi connectivity index (χ1v) is 4.18. The Morgan fingerprint density at radius 1 is 1.67 bits per heavy atom. The highest BCUT2D eigenvalue weighted by Gasteiger charge is 1.97. The van der Waals surface area contributed by atoms with E-state index in [1.54, 1.807) is 6.07 Å². The quantitative estimate of drug-likeness (QED) is 0.398. The first-order chi connectivity index (χ1) is 5.86. The van der Waals surface area contributed by atoms with E-state index < -0.39 is 0 Å². The van der Waals surface area contributed by atoms with E-state index >= 15 is 0 Å². The summed E-state index contributed by atoms with van der Waals surface area (Å²) in [6.45, 7) is 0.460. The summed E-state index contributed by atoms with van der Waals surface area (Å²) in [7, 11) is 0. The van der Waals surface area contributed by atoms with Gasteiger partial charge in [-0.25, -0.2) is 0 Å². The van der Waals surface area contributed by atoms with Crippen LogP contribution < -0.4 is 0 Å². The highest BCUT2D eigenvalue weighted by molar-refractivity contribution is 7.12. The van der Waals surface area contributed by atoms with E-state index in [1.165, 1.54) is 11.3 Å². The number of thiophene rings is 1. The highest BCUT2D eigenvalue weighted by Crippen LogP contribution is 2.15. The molecule has 1 heterocycles. The van der Waals surface area contributed by atoms with Crippen molar-refractivity contribution in [1.29, 1.82) is 5.26 Å². The van der Waals surface area contributed by atoms with E-state index in [1.807, 2.05) is 6.07 Å². The van der Waals surface area contributed by atoms with E-state index in [4.69, 9.17) is 10.8 Å². The number of hydrogen-bond donors (Lipinski definition) is 0. The Kier molecular flexibility index (Phi) is 3.15. The molecule has 0 N–H and O–H groups in total. The summed E-state index contributed by atoms with van der Waals surface area (Å²) < 4.78 is 0. The molecular formula is C7H6N4S. The van der Waals surface area contributed by atoms with Gasteiger partial charge in [0.2, 0.25) is 0 Å². The third kappa shape index (κ3) is 2.27. The molecule has 60 valence electrons. The number of nitrogens with zero attached hydrogens (tertiary/aromatic N) is 4. The van der Waals surface area contributed by atoms with Crippen LogP contribution in [0.25, 0.3) is 10.4 Å². The summed E-state index contributed by atoms with van der Waals surface area (Å²) >= 11 is 1.44. The van der Waals surface area contributed by atoms with Gasteiger partial charge in [0.1, 0.15) is 10.9 Å². The van der Waals surface area contributed by atoms with Crippen molar-refractivity contribution in [1.82, 2.24) is 0 Å². The Labute approximate surface area is 73.7 Å². The Morgan fingerprint density at radius 2 is 2.50 bits per heavy atom. The van der Waals surface area contributed by atoms with Crippen molar-refractivity contribution < 1.29 is 0 Å². The summed E-state index contributed by atoms with van der Waals surface area (Å²) in [6, 6.07) is 5.71. The van der Waals surface area contributed by atoms with Crippen LogP contribution in [0.2, 0.25) is 0 Å². The van der Waals surface area contributed by atoms with E-state index in [0.717, 1.165) is 11.3 Å². The Hall–Kier alpha value is -1.50. The summed E-state index contributed by atoms with van der Waals surface area (Å²) in [5.41, 5.74) is 8.01. The molecule has 0 aliphatic heterocycles. The predicted molar refractivity (Wildman–Crippen MR) is 46.8 cm³/mol. The summed E-state index contributed by atoms with van der Waals surface area (Å²) in [6.07, 6.45) is 0.719. The molecule has 0 saturated heterocycles. The lowest BCUT2D eigenvalue weighted by Gasteiger charge is -1.86. The fraction of sp³-hybridized carbons (Fsp3) is 0.286. The largest absolute Gasteiger partial charge is 0.192 e. The van der Waals surface area contributed by atoms with Gasteiger partial charge in [0.05, 0.1) is 0 Å². The smallest absolute Gasteiger partial charge is 0.110 e. The normalized spacial score (nSPS) is 8.58. The third-order valence-electron chi connectivity index (χ3n) is 1.29. The maximum Gasteiger partial charge on any atom is 0.110 e. The average molecular weight is 178 g/mol. The lowest BCUT2D eigenvalue weighted by molar-refractivity contribution is 0.974. The molecule has 0 amide bonds. The highest BCUT2D eigenvalue weighted by atomic mass is 32.1. The zero-order valence-electron chi connectivity index (χ0n) is 6.27. The molecule has 0 unspecified atom stereocenters. The third-order valence-corrected chi connectivity index (χ3v) is 2.34. The number of nitriles is 1. The van der Waals surface area contributed by atoms with Crippen LogP contribution in [-0.2, 0) is 6.42 Å². The maximum absolute atomic E-state index is 8.50. The van der Waals surface area contributed by atoms with Crippen molar-refractivity contribution >= 4 is 11.3 Å². The monoisotopic (exact) mass is 178 g/mol. The molecule has 1 aromatic rings. The molecule has 0 aliphatic rings. The fourth-order valence-corrected chi connectivity index (χ4v) is 1.57. The van der Waals surface area contributed by atoms with Crippen LogP contribution in [0.1, 0.15) is 9.75 Å². The van der Waals surface area contributed by atoms with Crippen LogP contribution in [0.5, 0.6) is 0 Å². The molecule has 4 nitrogen and oxygen atoms in total.